The van der Waals surface area contributed by atoms with Gasteiger partial charge in [0.25, 0.3) is 0 Å². The van der Waals surface area contributed by atoms with Gasteiger partial charge in [0.05, 0.1) is 18.4 Å². The Bertz CT molecular complexity index is 907. The van der Waals surface area contributed by atoms with Crippen molar-refractivity contribution in [2.45, 2.75) is 19.1 Å². The maximum Gasteiger partial charge on any atom is 0.416 e. The smallest absolute Gasteiger partial charge is 0.416 e. The van der Waals surface area contributed by atoms with E-state index in [0.717, 1.165) is 17.7 Å². The number of aromatic nitrogens is 3. The Labute approximate surface area is 182 Å². The molecule has 2 heterocycles. The van der Waals surface area contributed by atoms with Crippen molar-refractivity contribution in [3.05, 3.63) is 59.6 Å². The molecule has 0 fully saturated rings. The summed E-state index contributed by atoms with van der Waals surface area (Å²) in [6, 6.07) is 8.65. The van der Waals surface area contributed by atoms with Crippen molar-refractivity contribution in [1.29, 1.82) is 0 Å². The van der Waals surface area contributed by atoms with E-state index in [2.05, 4.69) is 30.8 Å². The van der Waals surface area contributed by atoms with E-state index < -0.39 is 11.7 Å². The average Bonchev–Trinajstić information content (AvgIpc) is 3.35. The first-order valence-corrected chi connectivity index (χ1v) is 8.51. The Morgan fingerprint density at radius 2 is 1.93 bits per heavy atom. The minimum Gasteiger partial charge on any atom is -0.461 e. The number of hydrogen-bond donors (Lipinski definition) is 3. The molecule has 0 saturated carbocycles. The molecule has 0 spiro atoms. The zero-order valence-electron chi connectivity index (χ0n) is 15.5. The van der Waals surface area contributed by atoms with Crippen molar-refractivity contribution in [2.75, 3.05) is 13.6 Å². The van der Waals surface area contributed by atoms with Gasteiger partial charge in [0.1, 0.15) is 5.82 Å². The van der Waals surface area contributed by atoms with Gasteiger partial charge >= 0.3 is 6.18 Å². The first kappa shape index (κ1) is 22.7. The van der Waals surface area contributed by atoms with Gasteiger partial charge in [-0.05, 0) is 36.2 Å². The molecular weight excluding hydrogens is 500 g/mol. The van der Waals surface area contributed by atoms with Crippen LogP contribution in [0.15, 0.2) is 52.1 Å². The summed E-state index contributed by atoms with van der Waals surface area (Å²) in [4.78, 5) is 8.42. The van der Waals surface area contributed by atoms with Gasteiger partial charge in [0.15, 0.2) is 11.7 Å². The van der Waals surface area contributed by atoms with Gasteiger partial charge in [0, 0.05) is 13.6 Å². The number of halogens is 4. The van der Waals surface area contributed by atoms with Crippen LogP contribution in [-0.4, -0.2) is 34.7 Å². The standard InChI is InChI=1S/C18H19F3N6O.HI/c1-22-17(23-9-8-12-4-6-13(7-5-12)18(19,20)21)24-11-15-25-16(27-26-15)14-3-2-10-28-14;/h2-7,10H,8-9,11H2,1H3,(H2,22,23,24)(H,25,26,27);1H. The van der Waals surface area contributed by atoms with Crippen LogP contribution in [0, 0.1) is 0 Å². The zero-order chi connectivity index (χ0) is 20.0. The summed E-state index contributed by atoms with van der Waals surface area (Å²) in [6.07, 6.45) is -2.21. The number of aromatic amines is 1. The molecule has 11 heteroatoms. The van der Waals surface area contributed by atoms with E-state index in [4.69, 9.17) is 4.42 Å². The van der Waals surface area contributed by atoms with Crippen LogP contribution in [0.1, 0.15) is 17.0 Å². The topological polar surface area (TPSA) is 91.1 Å². The number of nitrogens with one attached hydrogen (secondary N) is 3. The fraction of sp³-hybridized carbons (Fsp3) is 0.278. The third-order valence-electron chi connectivity index (χ3n) is 3.91. The molecule has 0 atom stereocenters. The maximum atomic E-state index is 12.6. The Hall–Kier alpha value is -2.57. The SMILES string of the molecule is CN=C(NCCc1ccc(C(F)(F)F)cc1)NCc1nc(-c2ccco2)n[nH]1.I. The Balaban J connectivity index is 0.00000300. The number of hydrogen-bond acceptors (Lipinski definition) is 4. The molecule has 0 aliphatic heterocycles. The molecule has 3 N–H and O–H groups in total. The highest BCUT2D eigenvalue weighted by molar-refractivity contribution is 14.0. The van der Waals surface area contributed by atoms with Crippen LogP contribution in [0.5, 0.6) is 0 Å². The van der Waals surface area contributed by atoms with Crippen molar-refractivity contribution >= 4 is 29.9 Å². The van der Waals surface area contributed by atoms with E-state index in [0.29, 0.717) is 42.9 Å². The Morgan fingerprint density at radius 1 is 1.17 bits per heavy atom. The number of H-pyrrole nitrogens is 1. The van der Waals surface area contributed by atoms with Crippen LogP contribution >= 0.6 is 24.0 Å². The highest BCUT2D eigenvalue weighted by atomic mass is 127. The second-order valence-corrected chi connectivity index (χ2v) is 5.88. The van der Waals surface area contributed by atoms with Gasteiger partial charge in [-0.2, -0.15) is 13.2 Å². The molecule has 3 aromatic rings. The number of nitrogens with zero attached hydrogens (tertiary/aromatic N) is 3. The van der Waals surface area contributed by atoms with Crippen molar-refractivity contribution in [3.63, 3.8) is 0 Å². The van der Waals surface area contributed by atoms with E-state index in [-0.39, 0.29) is 24.0 Å². The quantitative estimate of drug-likeness (QED) is 0.263. The number of guanidine groups is 1. The van der Waals surface area contributed by atoms with Crippen LogP contribution in [0.4, 0.5) is 13.2 Å². The molecule has 2 aromatic heterocycles. The summed E-state index contributed by atoms with van der Waals surface area (Å²) in [5.74, 6) is 2.19. The molecule has 0 unspecified atom stereocenters. The molecule has 29 heavy (non-hydrogen) atoms. The maximum absolute atomic E-state index is 12.6. The van der Waals surface area contributed by atoms with Gasteiger partial charge in [-0.25, -0.2) is 4.98 Å². The molecule has 0 saturated heterocycles. The van der Waals surface area contributed by atoms with Gasteiger partial charge in [-0.1, -0.05) is 12.1 Å². The number of furan rings is 1. The molecule has 7 nitrogen and oxygen atoms in total. The lowest BCUT2D eigenvalue weighted by molar-refractivity contribution is -0.137. The van der Waals surface area contributed by atoms with Gasteiger partial charge in [0.2, 0.25) is 5.82 Å². The minimum absolute atomic E-state index is 0. The molecule has 1 aromatic carbocycles. The minimum atomic E-state index is -4.32. The van der Waals surface area contributed by atoms with Crippen LogP contribution in [-0.2, 0) is 19.1 Å². The Morgan fingerprint density at radius 3 is 2.55 bits per heavy atom. The van der Waals surface area contributed by atoms with Crippen LogP contribution in [0.25, 0.3) is 11.6 Å². The molecule has 0 amide bonds. The summed E-state index contributed by atoms with van der Waals surface area (Å²) in [5.41, 5.74) is 0.150. The predicted octanol–water partition coefficient (Wildman–Crippen LogP) is 3.61. The van der Waals surface area contributed by atoms with Crippen molar-refractivity contribution in [3.8, 4) is 11.6 Å². The predicted molar refractivity (Wildman–Crippen MR) is 113 cm³/mol. The van der Waals surface area contributed by atoms with E-state index in [1.807, 2.05) is 0 Å². The van der Waals surface area contributed by atoms with E-state index >= 15 is 0 Å². The largest absolute Gasteiger partial charge is 0.461 e. The molecule has 3 rings (SSSR count). The van der Waals surface area contributed by atoms with Gasteiger partial charge < -0.3 is 15.1 Å². The third-order valence-corrected chi connectivity index (χ3v) is 3.91. The van der Waals surface area contributed by atoms with Crippen molar-refractivity contribution in [2.24, 2.45) is 4.99 Å². The normalized spacial score (nSPS) is 11.8. The summed E-state index contributed by atoms with van der Waals surface area (Å²) < 4.78 is 43.0. The number of aliphatic imine (C=N–C) groups is 1. The highest BCUT2D eigenvalue weighted by Gasteiger charge is 2.29. The van der Waals surface area contributed by atoms with Crippen LogP contribution < -0.4 is 10.6 Å². The highest BCUT2D eigenvalue weighted by Crippen LogP contribution is 2.29. The molecule has 156 valence electrons. The lowest BCUT2D eigenvalue weighted by atomic mass is 10.1. The van der Waals surface area contributed by atoms with Crippen LogP contribution in [0.3, 0.4) is 0 Å². The lowest BCUT2D eigenvalue weighted by Gasteiger charge is -2.11. The van der Waals surface area contributed by atoms with E-state index in [9.17, 15) is 13.2 Å². The van der Waals surface area contributed by atoms with Crippen molar-refractivity contribution < 1.29 is 17.6 Å². The molecule has 0 radical (unpaired) electrons. The summed E-state index contributed by atoms with van der Waals surface area (Å²) in [7, 11) is 1.63. The molecule has 0 aliphatic carbocycles. The van der Waals surface area contributed by atoms with Crippen molar-refractivity contribution in [1.82, 2.24) is 25.8 Å². The van der Waals surface area contributed by atoms with Crippen LogP contribution in [0.2, 0.25) is 0 Å². The second kappa shape index (κ2) is 10.3. The fourth-order valence-electron chi connectivity index (χ4n) is 2.46. The fourth-order valence-corrected chi connectivity index (χ4v) is 2.46. The molecular formula is C18H20F3IN6O. The van der Waals surface area contributed by atoms with E-state index in [1.54, 1.807) is 25.4 Å². The summed E-state index contributed by atoms with van der Waals surface area (Å²) >= 11 is 0. The zero-order valence-corrected chi connectivity index (χ0v) is 17.8. The monoisotopic (exact) mass is 520 g/mol. The molecule has 0 bridgehead atoms. The Kier molecular flexibility index (Phi) is 8.05. The average molecular weight is 520 g/mol. The summed E-state index contributed by atoms with van der Waals surface area (Å²) in [5, 5.41) is 13.1. The van der Waals surface area contributed by atoms with Gasteiger partial charge in [-0.15, -0.1) is 29.1 Å². The number of alkyl halides is 3. The summed E-state index contributed by atoms with van der Waals surface area (Å²) in [6.45, 7) is 0.882. The lowest BCUT2D eigenvalue weighted by Crippen LogP contribution is -2.38. The second-order valence-electron chi connectivity index (χ2n) is 5.88. The first-order valence-electron chi connectivity index (χ1n) is 8.51. The van der Waals surface area contributed by atoms with E-state index in [1.165, 1.54) is 12.1 Å². The third kappa shape index (κ3) is 6.48. The first-order chi connectivity index (χ1) is 13.5. The molecule has 0 aliphatic rings. The number of rotatable bonds is 6. The van der Waals surface area contributed by atoms with Gasteiger partial charge in [-0.3, -0.25) is 10.1 Å². The number of benzene rings is 1.